The van der Waals surface area contributed by atoms with E-state index < -0.39 is 5.41 Å². The average molecular weight is 1170 g/mol. The molecule has 15 aromatic rings. The molecule has 17 rings (SSSR count). The molecule has 4 heteroatoms. The third-order valence-electron chi connectivity index (χ3n) is 19.2. The van der Waals surface area contributed by atoms with Crippen molar-refractivity contribution in [2.24, 2.45) is 0 Å². The van der Waals surface area contributed by atoms with Crippen molar-refractivity contribution < 1.29 is 8.83 Å². The zero-order chi connectivity index (χ0) is 60.9. The maximum Gasteiger partial charge on any atom is 0.159 e. The van der Waals surface area contributed by atoms with E-state index >= 15 is 0 Å². The van der Waals surface area contributed by atoms with E-state index in [0.717, 1.165) is 112 Å². The largest absolute Gasteiger partial charge is 0.454 e. The van der Waals surface area contributed by atoms with Gasteiger partial charge in [0.25, 0.3) is 0 Å². The second kappa shape index (κ2) is 21.4. The Bertz CT molecular complexity index is 5520. The highest BCUT2D eigenvalue weighted by Crippen LogP contribution is 2.66. The molecule has 13 aromatic carbocycles. The fraction of sp³-hybridized carbons (Fsp3) is 0.0575. The Morgan fingerprint density at radius 1 is 0.462 bits per heavy atom. The van der Waals surface area contributed by atoms with Crippen LogP contribution in [0, 0.1) is 6.92 Å². The Kier molecular flexibility index (Phi) is 12.6. The van der Waals surface area contributed by atoms with Gasteiger partial charge in [0.15, 0.2) is 11.3 Å². The van der Waals surface area contributed by atoms with Crippen molar-refractivity contribution in [3.05, 3.63) is 343 Å². The van der Waals surface area contributed by atoms with E-state index in [-0.39, 0.29) is 0 Å². The Morgan fingerprint density at radius 3 is 1.82 bits per heavy atom. The van der Waals surface area contributed by atoms with Crippen molar-refractivity contribution in [3.8, 4) is 33.4 Å². The van der Waals surface area contributed by atoms with Crippen LogP contribution in [0.5, 0.6) is 0 Å². The van der Waals surface area contributed by atoms with Gasteiger partial charge < -0.3 is 18.6 Å². The molecule has 4 nitrogen and oxygen atoms in total. The van der Waals surface area contributed by atoms with Gasteiger partial charge in [0.2, 0.25) is 0 Å². The van der Waals surface area contributed by atoms with Crippen LogP contribution in [0.15, 0.2) is 313 Å². The van der Waals surface area contributed by atoms with Gasteiger partial charge in [0, 0.05) is 55.6 Å². The molecule has 432 valence electrons. The molecule has 0 amide bonds. The van der Waals surface area contributed by atoms with Crippen LogP contribution in [0.4, 0.5) is 28.4 Å². The number of hydrogen-bond acceptors (Lipinski definition) is 4. The van der Waals surface area contributed by atoms with Gasteiger partial charge in [-0.1, -0.05) is 244 Å². The molecule has 0 unspecified atom stereocenters. The lowest BCUT2D eigenvalue weighted by Gasteiger charge is -2.32. The molecule has 0 bridgehead atoms. The first-order valence-corrected chi connectivity index (χ1v) is 31.6. The molecule has 0 saturated heterocycles. The van der Waals surface area contributed by atoms with E-state index in [9.17, 15) is 0 Å². The summed E-state index contributed by atoms with van der Waals surface area (Å²) in [5, 5.41) is 10.4. The van der Waals surface area contributed by atoms with Crippen molar-refractivity contribution in [1.29, 1.82) is 0 Å². The summed E-state index contributed by atoms with van der Waals surface area (Å²) in [6, 6.07) is 98.4. The number of nitrogens with zero attached hydrogens (tertiary/aromatic N) is 2. The zero-order valence-electron chi connectivity index (χ0n) is 50.9. The van der Waals surface area contributed by atoms with Crippen LogP contribution in [-0.2, 0) is 5.41 Å². The van der Waals surface area contributed by atoms with Crippen LogP contribution < -0.4 is 9.80 Å². The molecular weight excluding hydrogens is 1100 g/mol. The third-order valence-corrected chi connectivity index (χ3v) is 19.2. The number of allylic oxidation sites excluding steroid dienone is 6. The lowest BCUT2D eigenvalue weighted by atomic mass is 9.69. The summed E-state index contributed by atoms with van der Waals surface area (Å²) < 4.78 is 14.4. The van der Waals surface area contributed by atoms with Gasteiger partial charge in [0.05, 0.1) is 16.8 Å². The van der Waals surface area contributed by atoms with Crippen molar-refractivity contribution in [1.82, 2.24) is 0 Å². The smallest absolute Gasteiger partial charge is 0.159 e. The standard InChI is InChI=1S/C87H62N2O2/c1-5-8-28-56(7-3)65-40-24-39-64-55(4)83(90-84(64)65)79(27-6-2)88(60-31-14-10-15-32-60)62-48-47-58-52-75-78(53-59(58)51-62)87(76-44-22-20-36-68(76)69-37-21-23-45-77(69)87)82-71-50-49-63(54-74(71)67-35-18-19-38-70(67)81(75)82)89(61-33-16-11-17-34-61)80-46-26-43-73-72-42-25-41-66(85(72)91-86(73)80)57-29-12-9-13-30-57/h5,7-54H,1,6H2,2-4H3/b28-8-,56-7+,79-27+. The second-order valence-corrected chi connectivity index (χ2v) is 24.0. The number of benzene rings is 13. The highest BCUT2D eigenvalue weighted by molar-refractivity contribution is 6.22. The highest BCUT2D eigenvalue weighted by atomic mass is 16.3. The van der Waals surface area contributed by atoms with Crippen LogP contribution in [0.2, 0.25) is 0 Å². The maximum absolute atomic E-state index is 7.21. The van der Waals surface area contributed by atoms with E-state index in [1.165, 1.54) is 71.4 Å². The van der Waals surface area contributed by atoms with Crippen molar-refractivity contribution in [2.45, 2.75) is 32.6 Å². The van der Waals surface area contributed by atoms with Crippen molar-refractivity contribution in [3.63, 3.8) is 0 Å². The van der Waals surface area contributed by atoms with Crippen LogP contribution in [-0.4, -0.2) is 0 Å². The fourth-order valence-electron chi connectivity index (χ4n) is 15.4. The molecule has 1 spiro atoms. The number of furan rings is 2. The number of anilines is 5. The van der Waals surface area contributed by atoms with E-state index in [2.05, 4.69) is 322 Å². The van der Waals surface area contributed by atoms with Gasteiger partial charge in [-0.25, -0.2) is 0 Å². The number of hydrogen-bond donors (Lipinski definition) is 0. The molecule has 2 aliphatic rings. The fourth-order valence-corrected chi connectivity index (χ4v) is 15.4. The van der Waals surface area contributed by atoms with Gasteiger partial charge in [-0.05, 0) is 175 Å². The number of aryl methyl sites for hydroxylation is 1. The monoisotopic (exact) mass is 1170 g/mol. The first-order valence-electron chi connectivity index (χ1n) is 31.6. The Balaban J connectivity index is 0.893. The molecule has 0 atom stereocenters. The number of rotatable bonds is 12. The minimum Gasteiger partial charge on any atom is -0.454 e. The van der Waals surface area contributed by atoms with E-state index in [1.54, 1.807) is 0 Å². The molecule has 0 N–H and O–H groups in total. The number of para-hydroxylation sites is 5. The van der Waals surface area contributed by atoms with Gasteiger partial charge in [-0.15, -0.1) is 0 Å². The van der Waals surface area contributed by atoms with Crippen LogP contribution in [0.3, 0.4) is 0 Å². The van der Waals surface area contributed by atoms with Gasteiger partial charge >= 0.3 is 0 Å². The highest BCUT2D eigenvalue weighted by Gasteiger charge is 2.53. The first kappa shape index (κ1) is 53.8. The molecule has 2 aliphatic carbocycles. The van der Waals surface area contributed by atoms with E-state index in [4.69, 9.17) is 8.83 Å². The van der Waals surface area contributed by atoms with Gasteiger partial charge in [-0.3, -0.25) is 0 Å². The summed E-state index contributed by atoms with van der Waals surface area (Å²) in [5.41, 5.74) is 23.7. The second-order valence-electron chi connectivity index (χ2n) is 24.0. The molecule has 0 aliphatic heterocycles. The predicted octanol–water partition coefficient (Wildman–Crippen LogP) is 24.3. The number of fused-ring (bicyclic) bond motifs is 20. The molecule has 2 aromatic heterocycles. The van der Waals surface area contributed by atoms with Crippen molar-refractivity contribution >= 4 is 105 Å². The molecule has 0 radical (unpaired) electrons. The maximum atomic E-state index is 7.21. The summed E-state index contributed by atoms with van der Waals surface area (Å²) in [6.07, 6.45) is 11.2. The summed E-state index contributed by atoms with van der Waals surface area (Å²) in [5.74, 6) is 0.844. The Morgan fingerprint density at radius 2 is 1.09 bits per heavy atom. The average Bonchev–Trinajstić information content (AvgIpc) is 1.50. The lowest BCUT2D eigenvalue weighted by Crippen LogP contribution is -2.26. The SMILES string of the molecule is C=C/C=C\C(=C/C)c1cccc2c(C)c(/C(=C\CC)N(c3ccccc3)c3ccc4cc5c(cc4c3)C3(c4ccccc4-c4ccccc43)c3c-5c4ccccc4c4cc(N(c5ccccc5)c5cccc6c5oc5c(-c7ccccc7)cccc56)ccc34)oc12. The third kappa shape index (κ3) is 8.09. The topological polar surface area (TPSA) is 32.8 Å². The minimum atomic E-state index is -0.677. The van der Waals surface area contributed by atoms with Crippen molar-refractivity contribution in [2.75, 3.05) is 9.80 Å². The summed E-state index contributed by atoms with van der Waals surface area (Å²) >= 11 is 0. The Hall–Kier alpha value is -11.5. The summed E-state index contributed by atoms with van der Waals surface area (Å²) in [7, 11) is 0. The Labute approximate surface area is 529 Å². The zero-order valence-corrected chi connectivity index (χ0v) is 50.9. The molecule has 2 heterocycles. The molecule has 91 heavy (non-hydrogen) atoms. The molecule has 0 fully saturated rings. The molecule has 0 saturated carbocycles. The van der Waals surface area contributed by atoms with Crippen LogP contribution in [0.1, 0.15) is 59.4 Å². The predicted molar refractivity (Wildman–Crippen MR) is 383 cm³/mol. The molecular formula is C87H62N2O2. The summed E-state index contributed by atoms with van der Waals surface area (Å²) in [4.78, 5) is 4.78. The van der Waals surface area contributed by atoms with E-state index in [1.807, 2.05) is 12.2 Å². The van der Waals surface area contributed by atoms with Crippen LogP contribution in [0.25, 0.3) is 110 Å². The lowest BCUT2D eigenvalue weighted by molar-refractivity contribution is 0.593. The van der Waals surface area contributed by atoms with Crippen LogP contribution >= 0.6 is 0 Å². The quantitative estimate of drug-likeness (QED) is 0.0902. The van der Waals surface area contributed by atoms with E-state index in [0.29, 0.717) is 0 Å². The normalized spacial score (nSPS) is 13.3. The first-order chi connectivity index (χ1) is 45.0. The minimum absolute atomic E-state index is 0.677. The van der Waals surface area contributed by atoms with Gasteiger partial charge in [0.1, 0.15) is 11.2 Å². The summed E-state index contributed by atoms with van der Waals surface area (Å²) in [6.45, 7) is 10.4. The van der Waals surface area contributed by atoms with Gasteiger partial charge in [-0.2, -0.15) is 0 Å².